The molecule has 3 N–H and O–H groups in total. The lowest BCUT2D eigenvalue weighted by Gasteiger charge is -2.19. The predicted octanol–water partition coefficient (Wildman–Crippen LogP) is -0.511. The van der Waals surface area contributed by atoms with Gasteiger partial charge in [-0.1, -0.05) is 0 Å². The summed E-state index contributed by atoms with van der Waals surface area (Å²) in [5.41, 5.74) is 6.30. The van der Waals surface area contributed by atoms with E-state index in [-0.39, 0.29) is 12.1 Å². The standard InChI is InChI=1S/C8H16N4O/c1-6-5-7(12(2)11-6)10-8(13)3-4-9/h7H,3-5,9H2,1-2H3,(H,10,13). The van der Waals surface area contributed by atoms with Crippen LogP contribution in [0.2, 0.25) is 0 Å². The van der Waals surface area contributed by atoms with Gasteiger partial charge in [-0.15, -0.1) is 0 Å². The summed E-state index contributed by atoms with van der Waals surface area (Å²) in [6.45, 7) is 2.34. The highest BCUT2D eigenvalue weighted by atomic mass is 16.1. The van der Waals surface area contributed by atoms with Gasteiger partial charge in [0.1, 0.15) is 6.17 Å². The van der Waals surface area contributed by atoms with E-state index in [0.29, 0.717) is 13.0 Å². The molecule has 0 aromatic heterocycles. The number of rotatable bonds is 3. The quantitative estimate of drug-likeness (QED) is 0.620. The summed E-state index contributed by atoms with van der Waals surface area (Å²) in [4.78, 5) is 11.2. The van der Waals surface area contributed by atoms with Gasteiger partial charge in [-0.05, 0) is 6.92 Å². The van der Waals surface area contributed by atoms with Crippen molar-refractivity contribution in [2.75, 3.05) is 13.6 Å². The smallest absolute Gasteiger partial charge is 0.222 e. The highest BCUT2D eigenvalue weighted by Gasteiger charge is 2.21. The molecule has 1 unspecified atom stereocenters. The molecule has 0 bridgehead atoms. The van der Waals surface area contributed by atoms with Gasteiger partial charge in [0.25, 0.3) is 0 Å². The van der Waals surface area contributed by atoms with Gasteiger partial charge in [-0.2, -0.15) is 5.10 Å². The van der Waals surface area contributed by atoms with E-state index >= 15 is 0 Å². The van der Waals surface area contributed by atoms with E-state index in [1.165, 1.54) is 0 Å². The van der Waals surface area contributed by atoms with Gasteiger partial charge in [-0.25, -0.2) is 0 Å². The van der Waals surface area contributed by atoms with Crippen molar-refractivity contribution in [3.8, 4) is 0 Å². The molecule has 74 valence electrons. The van der Waals surface area contributed by atoms with Crippen molar-refractivity contribution in [2.24, 2.45) is 10.8 Å². The SMILES string of the molecule is CC1=NN(C)C(NC(=O)CCN)C1. The van der Waals surface area contributed by atoms with Crippen molar-refractivity contribution in [2.45, 2.75) is 25.9 Å². The van der Waals surface area contributed by atoms with Crippen LogP contribution in [0.25, 0.3) is 0 Å². The third-order valence-corrected chi connectivity index (χ3v) is 1.97. The van der Waals surface area contributed by atoms with Crippen molar-refractivity contribution in [3.63, 3.8) is 0 Å². The molecule has 13 heavy (non-hydrogen) atoms. The Morgan fingerprint density at radius 2 is 2.54 bits per heavy atom. The second-order valence-electron chi connectivity index (χ2n) is 3.24. The molecule has 0 fully saturated rings. The van der Waals surface area contributed by atoms with Gasteiger partial charge in [0.15, 0.2) is 0 Å². The van der Waals surface area contributed by atoms with Gasteiger partial charge in [0.2, 0.25) is 5.91 Å². The zero-order valence-electron chi connectivity index (χ0n) is 8.08. The molecule has 1 heterocycles. The van der Waals surface area contributed by atoms with Crippen LogP contribution in [0.5, 0.6) is 0 Å². The third kappa shape index (κ3) is 2.69. The highest BCUT2D eigenvalue weighted by Crippen LogP contribution is 2.09. The Morgan fingerprint density at radius 3 is 3.00 bits per heavy atom. The number of hydrogen-bond donors (Lipinski definition) is 2. The zero-order chi connectivity index (χ0) is 9.84. The Kier molecular flexibility index (Phi) is 3.25. The molecule has 0 aromatic rings. The van der Waals surface area contributed by atoms with E-state index in [1.807, 2.05) is 14.0 Å². The van der Waals surface area contributed by atoms with Gasteiger partial charge in [0.05, 0.1) is 0 Å². The Morgan fingerprint density at radius 1 is 1.85 bits per heavy atom. The summed E-state index contributed by atoms with van der Waals surface area (Å²) in [6, 6.07) is 0. The topological polar surface area (TPSA) is 70.7 Å². The Balaban J connectivity index is 2.35. The summed E-state index contributed by atoms with van der Waals surface area (Å²) in [5.74, 6) is -0.00995. The average molecular weight is 184 g/mol. The first-order chi connectivity index (χ1) is 6.13. The molecule has 0 aliphatic carbocycles. The largest absolute Gasteiger partial charge is 0.334 e. The first kappa shape index (κ1) is 9.98. The van der Waals surface area contributed by atoms with Crippen LogP contribution in [0, 0.1) is 0 Å². The molecule has 0 spiro atoms. The summed E-state index contributed by atoms with van der Waals surface area (Å²) in [7, 11) is 1.85. The van der Waals surface area contributed by atoms with Crippen LogP contribution in [0.1, 0.15) is 19.8 Å². The van der Waals surface area contributed by atoms with Crippen molar-refractivity contribution < 1.29 is 4.79 Å². The first-order valence-electron chi connectivity index (χ1n) is 4.40. The number of carbonyl (C=O) groups excluding carboxylic acids is 1. The molecule has 0 radical (unpaired) electrons. The number of amides is 1. The van der Waals surface area contributed by atoms with Crippen molar-refractivity contribution >= 4 is 11.6 Å². The van der Waals surface area contributed by atoms with E-state index in [4.69, 9.17) is 5.73 Å². The molecule has 1 aliphatic rings. The third-order valence-electron chi connectivity index (χ3n) is 1.97. The number of hydrazone groups is 1. The molecular formula is C8H16N4O. The van der Waals surface area contributed by atoms with E-state index in [0.717, 1.165) is 12.1 Å². The lowest BCUT2D eigenvalue weighted by Crippen LogP contribution is -2.42. The molecule has 1 atom stereocenters. The monoisotopic (exact) mass is 184 g/mol. The molecule has 5 heteroatoms. The fraction of sp³-hybridized carbons (Fsp3) is 0.750. The minimum absolute atomic E-state index is 0.00995. The molecular weight excluding hydrogens is 168 g/mol. The predicted molar refractivity (Wildman–Crippen MR) is 51.1 cm³/mol. The summed E-state index contributed by atoms with van der Waals surface area (Å²) >= 11 is 0. The van der Waals surface area contributed by atoms with Crippen LogP contribution in [0.15, 0.2) is 5.10 Å². The fourth-order valence-electron chi connectivity index (χ4n) is 1.33. The molecule has 5 nitrogen and oxygen atoms in total. The first-order valence-corrected chi connectivity index (χ1v) is 4.40. The average Bonchev–Trinajstić information content (AvgIpc) is 2.30. The molecule has 1 aliphatic heterocycles. The Bertz CT molecular complexity index is 226. The van der Waals surface area contributed by atoms with Crippen LogP contribution in [-0.4, -0.2) is 36.4 Å². The highest BCUT2D eigenvalue weighted by molar-refractivity contribution is 5.84. The van der Waals surface area contributed by atoms with E-state index in [1.54, 1.807) is 5.01 Å². The van der Waals surface area contributed by atoms with Gasteiger partial charge >= 0.3 is 0 Å². The van der Waals surface area contributed by atoms with Gasteiger partial charge < -0.3 is 11.1 Å². The molecule has 0 saturated carbocycles. The number of nitrogens with one attached hydrogen (secondary N) is 1. The second kappa shape index (κ2) is 4.23. The number of nitrogens with two attached hydrogens (primary N) is 1. The normalized spacial score (nSPS) is 21.6. The summed E-state index contributed by atoms with van der Waals surface area (Å²) < 4.78 is 0. The van der Waals surface area contributed by atoms with Crippen molar-refractivity contribution in [3.05, 3.63) is 0 Å². The summed E-state index contributed by atoms with van der Waals surface area (Å²) in [5, 5.41) is 8.81. The van der Waals surface area contributed by atoms with Gasteiger partial charge in [-0.3, -0.25) is 9.80 Å². The molecule has 0 aromatic carbocycles. The van der Waals surface area contributed by atoms with Crippen LogP contribution in [0.4, 0.5) is 0 Å². The summed E-state index contributed by atoms with van der Waals surface area (Å²) in [6.07, 6.45) is 1.19. The van der Waals surface area contributed by atoms with Gasteiger partial charge in [0, 0.05) is 32.1 Å². The number of carbonyl (C=O) groups is 1. The Labute approximate surface area is 78.0 Å². The van der Waals surface area contributed by atoms with E-state index in [2.05, 4.69) is 10.4 Å². The maximum absolute atomic E-state index is 11.2. The maximum Gasteiger partial charge on any atom is 0.222 e. The minimum Gasteiger partial charge on any atom is -0.334 e. The number of nitrogens with zero attached hydrogens (tertiary/aromatic N) is 2. The molecule has 0 saturated heterocycles. The van der Waals surface area contributed by atoms with Crippen LogP contribution < -0.4 is 11.1 Å². The van der Waals surface area contributed by atoms with Crippen molar-refractivity contribution in [1.82, 2.24) is 10.3 Å². The Hall–Kier alpha value is -1.10. The van der Waals surface area contributed by atoms with Crippen molar-refractivity contribution in [1.29, 1.82) is 0 Å². The molecule has 1 rings (SSSR count). The van der Waals surface area contributed by atoms with E-state index < -0.39 is 0 Å². The lowest BCUT2D eigenvalue weighted by atomic mass is 10.2. The fourth-order valence-corrected chi connectivity index (χ4v) is 1.33. The van der Waals surface area contributed by atoms with E-state index in [9.17, 15) is 4.79 Å². The maximum atomic E-state index is 11.2. The lowest BCUT2D eigenvalue weighted by molar-refractivity contribution is -0.122. The van der Waals surface area contributed by atoms with Crippen LogP contribution >= 0.6 is 0 Å². The van der Waals surface area contributed by atoms with Crippen LogP contribution in [0.3, 0.4) is 0 Å². The number of hydrogen-bond acceptors (Lipinski definition) is 4. The molecule has 1 amide bonds. The van der Waals surface area contributed by atoms with Crippen LogP contribution in [-0.2, 0) is 4.79 Å². The second-order valence-corrected chi connectivity index (χ2v) is 3.24. The minimum atomic E-state index is -0.00995. The zero-order valence-corrected chi connectivity index (χ0v) is 8.08.